The van der Waals surface area contributed by atoms with Gasteiger partial charge in [-0.05, 0) is 41.0 Å². The smallest absolute Gasteiger partial charge is 0.0451 e. The zero-order valence-electron chi connectivity index (χ0n) is 8.58. The molecule has 0 bridgehead atoms. The Morgan fingerprint density at radius 1 is 0.875 bits per heavy atom. The van der Waals surface area contributed by atoms with E-state index in [-0.39, 0.29) is 0 Å². The van der Waals surface area contributed by atoms with E-state index in [1.54, 1.807) is 0 Å². The van der Waals surface area contributed by atoms with E-state index in [2.05, 4.69) is 0 Å². The third-order valence-corrected chi connectivity index (χ3v) is 3.06. The number of nitrogens with two attached hydrogens (primary N) is 1. The summed E-state index contributed by atoms with van der Waals surface area (Å²) in [6.07, 6.45) is 0. The molecule has 2 aromatic rings. The molecular formula is C13H11Cl2N. The molecule has 0 fully saturated rings. The van der Waals surface area contributed by atoms with Gasteiger partial charge in [-0.3, -0.25) is 0 Å². The summed E-state index contributed by atoms with van der Waals surface area (Å²) in [5, 5.41) is 1.44. The van der Waals surface area contributed by atoms with Crippen LogP contribution in [0.3, 0.4) is 0 Å². The summed E-state index contributed by atoms with van der Waals surface area (Å²) in [4.78, 5) is 0. The Hall–Kier alpha value is -1.02. The Kier molecular flexibility index (Phi) is 3.49. The summed E-state index contributed by atoms with van der Waals surface area (Å²) in [6.45, 7) is 0.445. The van der Waals surface area contributed by atoms with Gasteiger partial charge in [0.1, 0.15) is 0 Å². The molecule has 2 N–H and O–H groups in total. The van der Waals surface area contributed by atoms with Gasteiger partial charge in [0.05, 0.1) is 0 Å². The zero-order valence-corrected chi connectivity index (χ0v) is 10.1. The van der Waals surface area contributed by atoms with Gasteiger partial charge in [-0.25, -0.2) is 0 Å². The van der Waals surface area contributed by atoms with Crippen molar-refractivity contribution in [1.29, 1.82) is 0 Å². The van der Waals surface area contributed by atoms with E-state index in [0.29, 0.717) is 11.6 Å². The van der Waals surface area contributed by atoms with Crippen molar-refractivity contribution in [2.45, 2.75) is 6.54 Å². The van der Waals surface area contributed by atoms with Crippen LogP contribution in [0, 0.1) is 0 Å². The lowest BCUT2D eigenvalue weighted by atomic mass is 10.0. The van der Waals surface area contributed by atoms with Crippen LogP contribution in [-0.2, 0) is 6.54 Å². The summed E-state index contributed by atoms with van der Waals surface area (Å²) in [7, 11) is 0. The highest BCUT2D eigenvalue weighted by molar-refractivity contribution is 6.31. The first-order valence-electron chi connectivity index (χ1n) is 4.95. The van der Waals surface area contributed by atoms with Gasteiger partial charge >= 0.3 is 0 Å². The Morgan fingerprint density at radius 3 is 2.12 bits per heavy atom. The standard InChI is InChI=1S/C13H11Cl2N/c14-12-4-1-9(2-5-12)10-3-6-13(15)11(7-10)8-16/h1-7H,8,16H2. The lowest BCUT2D eigenvalue weighted by Crippen LogP contribution is -1.97. The molecule has 0 saturated heterocycles. The van der Waals surface area contributed by atoms with Gasteiger partial charge in [0.25, 0.3) is 0 Å². The Balaban J connectivity index is 2.44. The van der Waals surface area contributed by atoms with Crippen LogP contribution >= 0.6 is 23.2 Å². The van der Waals surface area contributed by atoms with Crippen molar-refractivity contribution in [3.8, 4) is 11.1 Å². The molecule has 0 aliphatic carbocycles. The molecule has 16 heavy (non-hydrogen) atoms. The second-order valence-corrected chi connectivity index (χ2v) is 4.36. The number of rotatable bonds is 2. The number of halogens is 2. The average Bonchev–Trinajstić information content (AvgIpc) is 2.31. The number of hydrogen-bond donors (Lipinski definition) is 1. The monoisotopic (exact) mass is 251 g/mol. The first-order chi connectivity index (χ1) is 7.70. The SMILES string of the molecule is NCc1cc(-c2ccc(Cl)cc2)ccc1Cl. The normalized spacial score (nSPS) is 10.4. The predicted octanol–water partition coefficient (Wildman–Crippen LogP) is 4.12. The van der Waals surface area contributed by atoms with Gasteiger partial charge in [-0.1, -0.05) is 41.4 Å². The third-order valence-electron chi connectivity index (χ3n) is 2.44. The van der Waals surface area contributed by atoms with Crippen molar-refractivity contribution in [2.24, 2.45) is 5.73 Å². The zero-order chi connectivity index (χ0) is 11.5. The fourth-order valence-corrected chi connectivity index (χ4v) is 1.87. The first kappa shape index (κ1) is 11.5. The molecular weight excluding hydrogens is 241 g/mol. The second kappa shape index (κ2) is 4.88. The van der Waals surface area contributed by atoms with Gasteiger partial charge in [-0.15, -0.1) is 0 Å². The largest absolute Gasteiger partial charge is 0.326 e. The quantitative estimate of drug-likeness (QED) is 0.854. The molecule has 0 radical (unpaired) electrons. The van der Waals surface area contributed by atoms with Crippen LogP contribution in [-0.4, -0.2) is 0 Å². The molecule has 0 saturated carbocycles. The molecule has 0 heterocycles. The maximum Gasteiger partial charge on any atom is 0.0451 e. The summed E-state index contributed by atoms with van der Waals surface area (Å²) in [5.41, 5.74) is 8.77. The summed E-state index contributed by atoms with van der Waals surface area (Å²) >= 11 is 11.8. The highest BCUT2D eigenvalue weighted by Crippen LogP contribution is 2.26. The molecule has 3 heteroatoms. The van der Waals surface area contributed by atoms with Gasteiger partial charge in [0, 0.05) is 16.6 Å². The molecule has 1 nitrogen and oxygen atoms in total. The Morgan fingerprint density at radius 2 is 1.50 bits per heavy atom. The molecule has 0 aliphatic rings. The van der Waals surface area contributed by atoms with Crippen molar-refractivity contribution in [1.82, 2.24) is 0 Å². The summed E-state index contributed by atoms with van der Waals surface area (Å²) in [6, 6.07) is 13.5. The maximum atomic E-state index is 6.01. The minimum Gasteiger partial charge on any atom is -0.326 e. The van der Waals surface area contributed by atoms with E-state index in [4.69, 9.17) is 28.9 Å². The molecule has 0 amide bonds. The minimum atomic E-state index is 0.445. The number of hydrogen-bond acceptors (Lipinski definition) is 1. The summed E-state index contributed by atoms with van der Waals surface area (Å²) in [5.74, 6) is 0. The molecule has 2 rings (SSSR count). The fraction of sp³-hybridized carbons (Fsp3) is 0.0769. The maximum absolute atomic E-state index is 6.01. The fourth-order valence-electron chi connectivity index (χ4n) is 1.55. The van der Waals surface area contributed by atoms with E-state index in [0.717, 1.165) is 21.7 Å². The third kappa shape index (κ3) is 2.38. The lowest BCUT2D eigenvalue weighted by Gasteiger charge is -2.06. The van der Waals surface area contributed by atoms with Crippen molar-refractivity contribution in [3.05, 3.63) is 58.1 Å². The predicted molar refractivity (Wildman–Crippen MR) is 69.8 cm³/mol. The van der Waals surface area contributed by atoms with E-state index < -0.39 is 0 Å². The second-order valence-electron chi connectivity index (χ2n) is 3.52. The molecule has 2 aromatic carbocycles. The Bertz CT molecular complexity index is 492. The molecule has 0 aliphatic heterocycles. The van der Waals surface area contributed by atoms with Crippen LogP contribution in [0.15, 0.2) is 42.5 Å². The first-order valence-corrected chi connectivity index (χ1v) is 5.71. The summed E-state index contributed by atoms with van der Waals surface area (Å²) < 4.78 is 0. The van der Waals surface area contributed by atoms with Gasteiger partial charge < -0.3 is 5.73 Å². The van der Waals surface area contributed by atoms with Crippen molar-refractivity contribution >= 4 is 23.2 Å². The van der Waals surface area contributed by atoms with E-state index >= 15 is 0 Å². The molecule has 82 valence electrons. The van der Waals surface area contributed by atoms with Crippen molar-refractivity contribution < 1.29 is 0 Å². The highest BCUT2D eigenvalue weighted by Gasteiger charge is 2.02. The van der Waals surface area contributed by atoms with Crippen LogP contribution in [0.4, 0.5) is 0 Å². The van der Waals surface area contributed by atoms with Crippen LogP contribution in [0.5, 0.6) is 0 Å². The van der Waals surface area contributed by atoms with Gasteiger partial charge in [-0.2, -0.15) is 0 Å². The van der Waals surface area contributed by atoms with E-state index in [9.17, 15) is 0 Å². The Labute approximate surface area is 105 Å². The topological polar surface area (TPSA) is 26.0 Å². The van der Waals surface area contributed by atoms with Gasteiger partial charge in [0.2, 0.25) is 0 Å². The molecule has 0 atom stereocenters. The highest BCUT2D eigenvalue weighted by atomic mass is 35.5. The van der Waals surface area contributed by atoms with Gasteiger partial charge in [0.15, 0.2) is 0 Å². The van der Waals surface area contributed by atoms with E-state index in [1.807, 2.05) is 42.5 Å². The van der Waals surface area contributed by atoms with Crippen LogP contribution < -0.4 is 5.73 Å². The van der Waals surface area contributed by atoms with Crippen LogP contribution in [0.2, 0.25) is 10.0 Å². The minimum absolute atomic E-state index is 0.445. The van der Waals surface area contributed by atoms with Crippen LogP contribution in [0.25, 0.3) is 11.1 Å². The molecule has 0 spiro atoms. The molecule has 0 aromatic heterocycles. The van der Waals surface area contributed by atoms with Crippen molar-refractivity contribution in [2.75, 3.05) is 0 Å². The lowest BCUT2D eigenvalue weighted by molar-refractivity contribution is 1.07. The van der Waals surface area contributed by atoms with Crippen molar-refractivity contribution in [3.63, 3.8) is 0 Å². The van der Waals surface area contributed by atoms with E-state index in [1.165, 1.54) is 0 Å². The number of benzene rings is 2. The molecule has 0 unspecified atom stereocenters. The average molecular weight is 252 g/mol. The van der Waals surface area contributed by atoms with Crippen LogP contribution in [0.1, 0.15) is 5.56 Å².